The molecule has 4 aromatic carbocycles. The Hall–Kier alpha value is -4.13. The van der Waals surface area contributed by atoms with Crippen LogP contribution in [0.1, 0.15) is 27.7 Å². The lowest BCUT2D eigenvalue weighted by molar-refractivity contribution is 0.00578. The van der Waals surface area contributed by atoms with Crippen molar-refractivity contribution in [3.63, 3.8) is 0 Å². The molecule has 0 radical (unpaired) electrons. The molecule has 1 fully saturated rings. The molecule has 1 saturated heterocycles. The summed E-state index contributed by atoms with van der Waals surface area (Å²) in [5, 5.41) is 0. The zero-order valence-corrected chi connectivity index (χ0v) is 22.6. The molecule has 0 saturated carbocycles. The summed E-state index contributed by atoms with van der Waals surface area (Å²) >= 11 is 0. The van der Waals surface area contributed by atoms with Gasteiger partial charge in [0.1, 0.15) is 6.33 Å². The van der Waals surface area contributed by atoms with E-state index in [0.717, 1.165) is 33.3 Å². The second-order valence-corrected chi connectivity index (χ2v) is 10.9. The van der Waals surface area contributed by atoms with E-state index in [1.807, 2.05) is 36.4 Å². The van der Waals surface area contributed by atoms with Crippen LogP contribution in [0.5, 0.6) is 0 Å². The van der Waals surface area contributed by atoms with Crippen molar-refractivity contribution in [3.8, 4) is 45.0 Å². The van der Waals surface area contributed by atoms with Gasteiger partial charge in [0.15, 0.2) is 11.6 Å². The molecular formula is C33H30BN3O2. The molecule has 1 aromatic heterocycles. The van der Waals surface area contributed by atoms with Gasteiger partial charge < -0.3 is 9.31 Å². The number of hydrogen-bond donors (Lipinski definition) is 0. The standard InChI is InChI=1S/C33H30BN3O2/c1-32(2)33(3,4)39-34(38-32)29-15-9-13-27(21-29)26-12-8-14-28(20-26)31-36-22-35-30(37-31)25-18-16-24(17-19-25)23-10-6-5-7-11-23/h5-22H,1-4H3. The SMILES string of the molecule is CC1(C)OB(c2cccc(-c3cccc(-c4ncnc(-c5ccc(-c6ccccc6)cc5)n4)c3)c2)OC1(C)C. The number of benzene rings is 4. The fourth-order valence-electron chi connectivity index (χ4n) is 4.70. The maximum absolute atomic E-state index is 6.27. The van der Waals surface area contributed by atoms with Gasteiger partial charge in [-0.1, -0.05) is 97.1 Å². The summed E-state index contributed by atoms with van der Waals surface area (Å²) in [6.07, 6.45) is 1.58. The third kappa shape index (κ3) is 5.01. The van der Waals surface area contributed by atoms with Gasteiger partial charge in [-0.3, -0.25) is 0 Å². The van der Waals surface area contributed by atoms with E-state index in [0.29, 0.717) is 11.6 Å². The van der Waals surface area contributed by atoms with Crippen LogP contribution in [-0.2, 0) is 9.31 Å². The second kappa shape index (κ2) is 9.88. The van der Waals surface area contributed by atoms with E-state index in [-0.39, 0.29) is 11.2 Å². The zero-order chi connectivity index (χ0) is 27.0. The predicted octanol–water partition coefficient (Wildman–Crippen LogP) is 6.84. The fourth-order valence-corrected chi connectivity index (χ4v) is 4.70. The van der Waals surface area contributed by atoms with Crippen LogP contribution in [0, 0.1) is 0 Å². The van der Waals surface area contributed by atoms with Gasteiger partial charge in [-0.2, -0.15) is 0 Å². The zero-order valence-electron chi connectivity index (χ0n) is 22.6. The van der Waals surface area contributed by atoms with Crippen LogP contribution in [-0.4, -0.2) is 33.3 Å². The molecule has 2 heterocycles. The van der Waals surface area contributed by atoms with Crippen molar-refractivity contribution in [2.45, 2.75) is 38.9 Å². The second-order valence-electron chi connectivity index (χ2n) is 10.9. The Morgan fingerprint density at radius 2 is 1.03 bits per heavy atom. The molecule has 192 valence electrons. The molecule has 0 atom stereocenters. The Morgan fingerprint density at radius 1 is 0.513 bits per heavy atom. The van der Waals surface area contributed by atoms with Gasteiger partial charge in [0.05, 0.1) is 11.2 Å². The summed E-state index contributed by atoms with van der Waals surface area (Å²) < 4.78 is 12.5. The first-order chi connectivity index (χ1) is 18.8. The van der Waals surface area contributed by atoms with Crippen molar-refractivity contribution in [2.75, 3.05) is 0 Å². The molecular weight excluding hydrogens is 481 g/mol. The van der Waals surface area contributed by atoms with Gasteiger partial charge in [-0.25, -0.2) is 15.0 Å². The van der Waals surface area contributed by atoms with E-state index < -0.39 is 7.12 Å². The van der Waals surface area contributed by atoms with Gasteiger partial charge in [0, 0.05) is 11.1 Å². The van der Waals surface area contributed by atoms with Crippen LogP contribution >= 0.6 is 0 Å². The fraction of sp³-hybridized carbons (Fsp3) is 0.182. The molecule has 1 aliphatic rings. The van der Waals surface area contributed by atoms with Crippen molar-refractivity contribution in [2.24, 2.45) is 0 Å². The molecule has 0 bridgehead atoms. The number of rotatable bonds is 5. The van der Waals surface area contributed by atoms with E-state index in [1.165, 1.54) is 5.56 Å². The molecule has 0 spiro atoms. The minimum absolute atomic E-state index is 0.383. The molecule has 0 unspecified atom stereocenters. The van der Waals surface area contributed by atoms with Crippen LogP contribution in [0.2, 0.25) is 0 Å². The molecule has 0 aliphatic carbocycles. The number of hydrogen-bond acceptors (Lipinski definition) is 5. The topological polar surface area (TPSA) is 57.1 Å². The van der Waals surface area contributed by atoms with Crippen molar-refractivity contribution in [1.29, 1.82) is 0 Å². The summed E-state index contributed by atoms with van der Waals surface area (Å²) in [4.78, 5) is 13.7. The molecule has 5 nitrogen and oxygen atoms in total. The monoisotopic (exact) mass is 511 g/mol. The van der Waals surface area contributed by atoms with E-state index in [1.54, 1.807) is 6.33 Å². The van der Waals surface area contributed by atoms with Gasteiger partial charge in [-0.05, 0) is 61.5 Å². The summed E-state index contributed by atoms with van der Waals surface area (Å²) in [6, 6.07) is 35.2. The average Bonchev–Trinajstić information content (AvgIpc) is 3.20. The maximum Gasteiger partial charge on any atom is 0.494 e. The molecule has 39 heavy (non-hydrogen) atoms. The third-order valence-corrected chi connectivity index (χ3v) is 7.69. The van der Waals surface area contributed by atoms with Gasteiger partial charge in [-0.15, -0.1) is 0 Å². The van der Waals surface area contributed by atoms with E-state index in [2.05, 4.69) is 104 Å². The highest BCUT2D eigenvalue weighted by atomic mass is 16.7. The predicted molar refractivity (Wildman–Crippen MR) is 157 cm³/mol. The van der Waals surface area contributed by atoms with Crippen molar-refractivity contribution >= 4 is 12.6 Å². The number of aromatic nitrogens is 3. The van der Waals surface area contributed by atoms with Crippen molar-refractivity contribution in [3.05, 3.63) is 109 Å². The minimum atomic E-state index is -0.405. The van der Waals surface area contributed by atoms with Crippen LogP contribution in [0.3, 0.4) is 0 Å². The largest absolute Gasteiger partial charge is 0.494 e. The van der Waals surface area contributed by atoms with Crippen LogP contribution in [0.15, 0.2) is 109 Å². The van der Waals surface area contributed by atoms with Crippen LogP contribution in [0.4, 0.5) is 0 Å². The quantitative estimate of drug-likeness (QED) is 0.242. The first kappa shape index (κ1) is 25.2. The number of nitrogens with zero attached hydrogens (tertiary/aromatic N) is 3. The highest BCUT2D eigenvalue weighted by molar-refractivity contribution is 6.62. The highest BCUT2D eigenvalue weighted by Gasteiger charge is 2.51. The van der Waals surface area contributed by atoms with E-state index in [9.17, 15) is 0 Å². The van der Waals surface area contributed by atoms with Crippen molar-refractivity contribution < 1.29 is 9.31 Å². The van der Waals surface area contributed by atoms with Crippen LogP contribution in [0.25, 0.3) is 45.0 Å². The Kier molecular flexibility index (Phi) is 6.38. The summed E-state index contributed by atoms with van der Waals surface area (Å²) in [5.74, 6) is 1.28. The van der Waals surface area contributed by atoms with Gasteiger partial charge in [0.2, 0.25) is 0 Å². The molecule has 0 N–H and O–H groups in total. The normalized spacial score (nSPS) is 15.8. The van der Waals surface area contributed by atoms with Crippen molar-refractivity contribution in [1.82, 2.24) is 15.0 Å². The Morgan fingerprint density at radius 3 is 1.72 bits per heavy atom. The molecule has 0 amide bonds. The summed E-state index contributed by atoms with van der Waals surface area (Å²) in [5.41, 5.74) is 6.59. The Bertz CT molecular complexity index is 1600. The lowest BCUT2D eigenvalue weighted by Gasteiger charge is -2.32. The smallest absolute Gasteiger partial charge is 0.399 e. The van der Waals surface area contributed by atoms with Crippen LogP contribution < -0.4 is 5.46 Å². The highest BCUT2D eigenvalue weighted by Crippen LogP contribution is 2.37. The first-order valence-electron chi connectivity index (χ1n) is 13.2. The summed E-state index contributed by atoms with van der Waals surface area (Å²) in [6.45, 7) is 8.28. The minimum Gasteiger partial charge on any atom is -0.399 e. The van der Waals surface area contributed by atoms with Gasteiger partial charge >= 0.3 is 7.12 Å². The lowest BCUT2D eigenvalue weighted by atomic mass is 9.78. The Balaban J connectivity index is 1.27. The molecule has 5 aromatic rings. The molecule has 1 aliphatic heterocycles. The molecule has 6 rings (SSSR count). The third-order valence-electron chi connectivity index (χ3n) is 7.69. The Labute approximate surface area is 230 Å². The van der Waals surface area contributed by atoms with Gasteiger partial charge in [0.25, 0.3) is 0 Å². The lowest BCUT2D eigenvalue weighted by Crippen LogP contribution is -2.41. The maximum atomic E-state index is 6.27. The van der Waals surface area contributed by atoms with E-state index >= 15 is 0 Å². The summed E-state index contributed by atoms with van der Waals surface area (Å²) in [7, 11) is -0.405. The average molecular weight is 511 g/mol. The first-order valence-corrected chi connectivity index (χ1v) is 13.2. The van der Waals surface area contributed by atoms with E-state index in [4.69, 9.17) is 14.3 Å². The molecule has 6 heteroatoms.